The second-order valence-electron chi connectivity index (χ2n) is 18.7. The van der Waals surface area contributed by atoms with Crippen LogP contribution in [0.15, 0.2) is 23.6 Å². The summed E-state index contributed by atoms with van der Waals surface area (Å²) in [6, 6.07) is 3.28. The smallest absolute Gasteiger partial charge is 0.408 e. The van der Waals surface area contributed by atoms with Gasteiger partial charge in [-0.2, -0.15) is 0 Å². The van der Waals surface area contributed by atoms with Gasteiger partial charge in [-0.05, 0) is 74.3 Å². The number of hydrogen-bond donors (Lipinski definition) is 3. The lowest BCUT2D eigenvalue weighted by Crippen LogP contribution is -2.59. The van der Waals surface area contributed by atoms with Gasteiger partial charge in [0.2, 0.25) is 11.8 Å². The van der Waals surface area contributed by atoms with Crippen LogP contribution in [0, 0.1) is 29.1 Å². The maximum atomic E-state index is 14.9. The highest BCUT2D eigenvalue weighted by molar-refractivity contribution is 7.14. The lowest BCUT2D eigenvalue weighted by Gasteiger charge is -2.35. The predicted molar refractivity (Wildman–Crippen MR) is 238 cm³/mol. The van der Waals surface area contributed by atoms with Crippen molar-refractivity contribution in [2.75, 3.05) is 39.8 Å². The normalized spacial score (nSPS) is 26.6. The Balaban J connectivity index is 1.21. The number of methoxy groups -OCH3 is 3. The fraction of sp³-hybridized carbons (Fsp3) is 0.644. The third kappa shape index (κ3) is 9.81. The van der Waals surface area contributed by atoms with Gasteiger partial charge in [-0.15, -0.1) is 11.3 Å². The van der Waals surface area contributed by atoms with E-state index in [0.717, 1.165) is 12.8 Å². The quantitative estimate of drug-likeness (QED) is 0.0947. The Labute approximate surface area is 377 Å². The van der Waals surface area contributed by atoms with Crippen LogP contribution in [0.4, 0.5) is 9.93 Å². The largest absolute Gasteiger partial charge is 0.488 e. The fourth-order valence-corrected chi connectivity index (χ4v) is 10.4. The molecule has 1 aromatic carbocycles. The average molecular weight is 914 g/mol. The van der Waals surface area contributed by atoms with Crippen LogP contribution >= 0.6 is 22.9 Å². The van der Waals surface area contributed by atoms with Crippen LogP contribution in [-0.2, 0) is 33.3 Å². The van der Waals surface area contributed by atoms with E-state index in [-0.39, 0.29) is 42.7 Å². The molecule has 9 atom stereocenters. The number of fused-ring (bicyclic) bond motifs is 2. The number of nitrogens with zero attached hydrogens (tertiary/aromatic N) is 3. The summed E-state index contributed by atoms with van der Waals surface area (Å²) in [7, 11) is 4.32. The zero-order chi connectivity index (χ0) is 45.5. The van der Waals surface area contributed by atoms with Crippen LogP contribution in [0.1, 0.15) is 80.6 Å². The standard InChI is InChI=1S/C45H61ClN6O10S/c1-11-24-18-45(24,41(55)59-10)51-39(53)32-16-26(19-52(32)40(54)38(44(5,6)7)50-43(56)62-25-14-28-23(4)29(28)15-25)61-34-17-30(31-21-63-42(49-31)47-22(2)3)48-37-27(34)12-13-33(36(37)46)60-20-35(57-8)58-9/h12-13,17,21-26,28-29,32,35,38H,11,14-16,18-20H2,1-10H3,(H,47,49)(H,50,56)(H,51,53)/t23-,24-,25+,26-,28+,29-,32+,38-,45-/m1/s1. The van der Waals surface area contributed by atoms with Crippen molar-refractivity contribution in [3.05, 3.63) is 28.6 Å². The molecular formula is C45H61ClN6O10S. The van der Waals surface area contributed by atoms with Gasteiger partial charge >= 0.3 is 12.1 Å². The van der Waals surface area contributed by atoms with E-state index in [2.05, 4.69) is 22.9 Å². The summed E-state index contributed by atoms with van der Waals surface area (Å²) in [5.74, 6) is 0.866. The van der Waals surface area contributed by atoms with Gasteiger partial charge in [0, 0.05) is 43.5 Å². The number of aromatic nitrogens is 2. The van der Waals surface area contributed by atoms with Gasteiger partial charge in [0.25, 0.3) is 0 Å². The number of carbonyl (C=O) groups is 4. The number of halogens is 1. The SMILES string of the molecule is CC[C@@H]1C[C@]1(NC(=O)[C@@H]1C[C@@H](Oc2cc(-c3csc(NC(C)C)n3)nc3c(Cl)c(OCC(OC)OC)ccc23)CN1C(=O)[C@@H](NC(=O)O[C@@H]1C[C@@H]2[C@H](C)[C@@H]2C1)C(C)(C)C)C(=O)OC. The third-order valence-corrected chi connectivity index (χ3v) is 14.2. The number of anilines is 1. The van der Waals surface area contributed by atoms with Gasteiger partial charge in [0.15, 0.2) is 11.4 Å². The van der Waals surface area contributed by atoms with Gasteiger partial charge in [-0.1, -0.05) is 52.6 Å². The van der Waals surface area contributed by atoms with Crippen LogP contribution in [0.2, 0.25) is 5.02 Å². The van der Waals surface area contributed by atoms with Gasteiger partial charge in [-0.25, -0.2) is 19.6 Å². The van der Waals surface area contributed by atoms with Gasteiger partial charge in [0.05, 0.1) is 24.9 Å². The molecule has 16 nitrogen and oxygen atoms in total. The van der Waals surface area contributed by atoms with E-state index in [9.17, 15) is 19.2 Å². The second kappa shape index (κ2) is 18.6. The van der Waals surface area contributed by atoms with Crippen molar-refractivity contribution >= 4 is 62.8 Å². The molecule has 0 bridgehead atoms. The van der Waals surface area contributed by atoms with E-state index < -0.39 is 59.3 Å². The van der Waals surface area contributed by atoms with Crippen molar-refractivity contribution in [1.82, 2.24) is 25.5 Å². The number of likely N-dealkylation sites (tertiary alicyclic amines) is 1. The van der Waals surface area contributed by atoms with Gasteiger partial charge in [0.1, 0.15) is 58.7 Å². The van der Waals surface area contributed by atoms with Crippen molar-refractivity contribution in [2.45, 2.75) is 123 Å². The summed E-state index contributed by atoms with van der Waals surface area (Å²) < 4.78 is 34.4. The zero-order valence-corrected chi connectivity index (χ0v) is 39.3. The Kier molecular flexibility index (Phi) is 13.7. The first-order valence-corrected chi connectivity index (χ1v) is 23.1. The molecule has 4 aliphatic rings. The minimum absolute atomic E-state index is 0.0187. The molecule has 1 saturated heterocycles. The molecule has 2 aromatic heterocycles. The number of alkyl carbamates (subject to hydrolysis) is 1. The first kappa shape index (κ1) is 46.5. The number of esters is 1. The summed E-state index contributed by atoms with van der Waals surface area (Å²) in [4.78, 5) is 67.1. The highest BCUT2D eigenvalue weighted by Crippen LogP contribution is 2.57. The molecule has 3 aliphatic carbocycles. The number of pyridine rings is 1. The molecule has 3 N–H and O–H groups in total. The van der Waals surface area contributed by atoms with Crippen molar-refractivity contribution in [3.8, 4) is 22.9 Å². The summed E-state index contributed by atoms with van der Waals surface area (Å²) in [5, 5.41) is 12.5. The van der Waals surface area contributed by atoms with E-state index in [1.54, 1.807) is 18.2 Å². The molecule has 0 unspecified atom stereocenters. The summed E-state index contributed by atoms with van der Waals surface area (Å²) in [5.41, 5.74) is -0.552. The number of rotatable bonds is 17. The van der Waals surface area contributed by atoms with E-state index in [0.29, 0.717) is 69.5 Å². The Morgan fingerprint density at radius 1 is 1.00 bits per heavy atom. The minimum atomic E-state index is -1.20. The molecule has 344 valence electrons. The number of hydrogen-bond acceptors (Lipinski definition) is 14. The first-order chi connectivity index (χ1) is 29.9. The number of ether oxygens (including phenoxy) is 6. The summed E-state index contributed by atoms with van der Waals surface area (Å²) in [6.45, 7) is 13.8. The molecule has 4 fully saturated rings. The number of carbonyl (C=O) groups excluding carboxylic acids is 4. The monoisotopic (exact) mass is 912 g/mol. The molecular weight excluding hydrogens is 852 g/mol. The van der Waals surface area contributed by atoms with E-state index in [1.165, 1.54) is 37.6 Å². The van der Waals surface area contributed by atoms with Gasteiger partial charge in [-0.3, -0.25) is 9.59 Å². The summed E-state index contributed by atoms with van der Waals surface area (Å²) >= 11 is 8.47. The molecule has 3 heterocycles. The van der Waals surface area contributed by atoms with Crippen molar-refractivity contribution in [2.24, 2.45) is 29.1 Å². The number of amides is 3. The summed E-state index contributed by atoms with van der Waals surface area (Å²) in [6.07, 6.45) is 0.515. The van der Waals surface area contributed by atoms with E-state index in [4.69, 9.17) is 50.0 Å². The molecule has 0 spiro atoms. The van der Waals surface area contributed by atoms with Crippen LogP contribution in [0.3, 0.4) is 0 Å². The van der Waals surface area contributed by atoms with Crippen LogP contribution in [0.5, 0.6) is 11.5 Å². The fourth-order valence-electron chi connectivity index (χ4n) is 9.29. The number of nitrogens with one attached hydrogen (secondary N) is 3. The Hall–Kier alpha value is -4.45. The van der Waals surface area contributed by atoms with Crippen molar-refractivity contribution in [1.29, 1.82) is 0 Å². The predicted octanol–water partition coefficient (Wildman–Crippen LogP) is 6.82. The lowest BCUT2D eigenvalue weighted by molar-refractivity contribution is -0.148. The van der Waals surface area contributed by atoms with Crippen molar-refractivity contribution < 1.29 is 47.6 Å². The topological polar surface area (TPSA) is 189 Å². The molecule has 18 heteroatoms. The maximum absolute atomic E-state index is 14.9. The Bertz CT molecular complexity index is 2180. The molecule has 3 aromatic rings. The average Bonchev–Trinajstić information content (AvgIpc) is 3.72. The Morgan fingerprint density at radius 3 is 2.33 bits per heavy atom. The van der Waals surface area contributed by atoms with E-state index in [1.807, 2.05) is 46.9 Å². The molecule has 3 amide bonds. The van der Waals surface area contributed by atoms with Crippen LogP contribution < -0.4 is 25.4 Å². The number of thiazole rings is 1. The number of benzene rings is 1. The lowest BCUT2D eigenvalue weighted by atomic mass is 9.85. The molecule has 1 aliphatic heterocycles. The Morgan fingerprint density at radius 2 is 1.71 bits per heavy atom. The third-order valence-electron chi connectivity index (χ3n) is 13.0. The molecule has 3 saturated carbocycles. The molecule has 7 rings (SSSR count). The highest BCUT2D eigenvalue weighted by atomic mass is 35.5. The van der Waals surface area contributed by atoms with Crippen molar-refractivity contribution in [3.63, 3.8) is 0 Å². The van der Waals surface area contributed by atoms with Crippen LogP contribution in [0.25, 0.3) is 22.3 Å². The second-order valence-corrected chi connectivity index (χ2v) is 19.9. The highest BCUT2D eigenvalue weighted by Gasteiger charge is 2.62. The maximum Gasteiger partial charge on any atom is 0.408 e. The first-order valence-electron chi connectivity index (χ1n) is 21.8. The van der Waals surface area contributed by atoms with Gasteiger partial charge < -0.3 is 49.3 Å². The zero-order valence-electron chi connectivity index (χ0n) is 37.7. The van der Waals surface area contributed by atoms with E-state index >= 15 is 0 Å². The molecule has 63 heavy (non-hydrogen) atoms. The minimum Gasteiger partial charge on any atom is -0.488 e. The molecule has 0 radical (unpaired) electrons. The van der Waals surface area contributed by atoms with Crippen LogP contribution in [-0.4, -0.2) is 115 Å².